The van der Waals surface area contributed by atoms with E-state index < -0.39 is 24.8 Å². The predicted molar refractivity (Wildman–Crippen MR) is 105 cm³/mol. The standard InChI is InChI=1S/C18H22BN5O6/c20-5-2-6-21-17(26)15-10-24(23-22-15)9-13(25)8-12-7-11-3-1-4-14(18(27)28)16(11)30-19(12)29/h1,3-4,10,12,29H,2,5-9,20H2,(H,21,26)(H,27,28)/t12-/m1/s1. The van der Waals surface area contributed by atoms with Crippen LogP contribution in [0, 0.1) is 0 Å². The third-order valence-electron chi connectivity index (χ3n) is 4.72. The fraction of sp³-hybridized carbons (Fsp3) is 0.389. The second-order valence-electron chi connectivity index (χ2n) is 7.01. The molecule has 1 atom stereocenters. The van der Waals surface area contributed by atoms with Crippen LogP contribution in [-0.2, 0) is 17.8 Å². The second-order valence-corrected chi connectivity index (χ2v) is 7.01. The second kappa shape index (κ2) is 9.50. The number of benzene rings is 1. The Morgan fingerprint density at radius 3 is 2.90 bits per heavy atom. The molecule has 30 heavy (non-hydrogen) atoms. The van der Waals surface area contributed by atoms with Crippen molar-refractivity contribution in [3.8, 4) is 5.75 Å². The Morgan fingerprint density at radius 1 is 1.37 bits per heavy atom. The van der Waals surface area contributed by atoms with Crippen LogP contribution in [0.2, 0.25) is 5.82 Å². The molecule has 0 bridgehead atoms. The number of carbonyl (C=O) groups excluding carboxylic acids is 2. The van der Waals surface area contributed by atoms with Crippen molar-refractivity contribution in [2.45, 2.75) is 31.6 Å². The molecule has 1 aromatic heterocycles. The zero-order chi connectivity index (χ0) is 21.7. The molecule has 0 spiro atoms. The minimum atomic E-state index is -1.30. The van der Waals surface area contributed by atoms with Crippen molar-refractivity contribution in [3.05, 3.63) is 41.2 Å². The summed E-state index contributed by atoms with van der Waals surface area (Å²) < 4.78 is 6.65. The lowest BCUT2D eigenvalue weighted by Crippen LogP contribution is -2.36. The summed E-state index contributed by atoms with van der Waals surface area (Å²) in [6, 6.07) is 4.70. The third-order valence-corrected chi connectivity index (χ3v) is 4.72. The fourth-order valence-corrected chi connectivity index (χ4v) is 3.24. The Bertz CT molecular complexity index is 949. The number of carboxylic acid groups (broad SMARTS) is 1. The maximum absolute atomic E-state index is 12.4. The summed E-state index contributed by atoms with van der Waals surface area (Å²) in [6.07, 6.45) is 2.31. The first kappa shape index (κ1) is 21.5. The number of ketones is 1. The van der Waals surface area contributed by atoms with Gasteiger partial charge in [-0.1, -0.05) is 17.3 Å². The van der Waals surface area contributed by atoms with E-state index in [9.17, 15) is 24.5 Å². The van der Waals surface area contributed by atoms with E-state index in [0.717, 1.165) is 0 Å². The number of aromatic nitrogens is 3. The van der Waals surface area contributed by atoms with E-state index in [-0.39, 0.29) is 35.8 Å². The van der Waals surface area contributed by atoms with Crippen molar-refractivity contribution in [1.82, 2.24) is 20.3 Å². The minimum Gasteiger partial charge on any atom is -0.535 e. The van der Waals surface area contributed by atoms with Crippen molar-refractivity contribution in [1.29, 1.82) is 0 Å². The molecule has 12 heteroatoms. The number of amides is 1. The van der Waals surface area contributed by atoms with E-state index in [1.165, 1.54) is 16.9 Å². The van der Waals surface area contributed by atoms with Gasteiger partial charge in [0.2, 0.25) is 0 Å². The summed E-state index contributed by atoms with van der Waals surface area (Å²) in [5.74, 6) is -2.19. The molecule has 0 aliphatic carbocycles. The Hall–Kier alpha value is -3.25. The molecular formula is C18H22BN5O6. The summed E-state index contributed by atoms with van der Waals surface area (Å²) in [6.45, 7) is 0.764. The van der Waals surface area contributed by atoms with Gasteiger partial charge >= 0.3 is 13.1 Å². The molecule has 0 radical (unpaired) electrons. The van der Waals surface area contributed by atoms with Gasteiger partial charge in [0.05, 0.1) is 11.8 Å². The molecule has 1 aliphatic heterocycles. The van der Waals surface area contributed by atoms with Crippen molar-refractivity contribution >= 4 is 24.8 Å². The van der Waals surface area contributed by atoms with E-state index in [1.54, 1.807) is 12.1 Å². The molecule has 2 aromatic rings. The maximum atomic E-state index is 12.4. The zero-order valence-electron chi connectivity index (χ0n) is 16.2. The summed E-state index contributed by atoms with van der Waals surface area (Å²) in [5, 5.41) is 29.7. The van der Waals surface area contributed by atoms with Gasteiger partial charge < -0.3 is 25.8 Å². The Morgan fingerprint density at radius 2 is 2.17 bits per heavy atom. The van der Waals surface area contributed by atoms with Crippen LogP contribution in [0.25, 0.3) is 0 Å². The van der Waals surface area contributed by atoms with Gasteiger partial charge in [-0.25, -0.2) is 9.48 Å². The van der Waals surface area contributed by atoms with Crippen LogP contribution in [0.1, 0.15) is 39.3 Å². The third kappa shape index (κ3) is 5.02. The quantitative estimate of drug-likeness (QED) is 0.311. The molecule has 0 saturated heterocycles. The number of nitrogens with zero attached hydrogens (tertiary/aromatic N) is 3. The van der Waals surface area contributed by atoms with Crippen molar-refractivity contribution in [3.63, 3.8) is 0 Å². The fourth-order valence-electron chi connectivity index (χ4n) is 3.24. The smallest absolute Gasteiger partial charge is 0.526 e. The number of fused-ring (bicyclic) bond motifs is 1. The number of hydrogen-bond acceptors (Lipinski definition) is 8. The van der Waals surface area contributed by atoms with E-state index in [0.29, 0.717) is 31.5 Å². The zero-order valence-corrected chi connectivity index (χ0v) is 16.2. The summed E-state index contributed by atoms with van der Waals surface area (Å²) in [5.41, 5.74) is 6.06. The summed E-state index contributed by atoms with van der Waals surface area (Å²) in [4.78, 5) is 35.7. The lowest BCUT2D eigenvalue weighted by atomic mass is 9.64. The van der Waals surface area contributed by atoms with Gasteiger partial charge in [-0.15, -0.1) is 5.10 Å². The Kier molecular flexibility index (Phi) is 6.80. The molecule has 5 N–H and O–H groups in total. The highest BCUT2D eigenvalue weighted by Gasteiger charge is 2.37. The first-order chi connectivity index (χ1) is 14.4. The van der Waals surface area contributed by atoms with Crippen LogP contribution in [0.3, 0.4) is 0 Å². The minimum absolute atomic E-state index is 0.00417. The SMILES string of the molecule is NCCCNC(=O)c1cn(CC(=O)C[C@H]2Cc3cccc(C(=O)O)c3OB2O)nn1. The van der Waals surface area contributed by atoms with Crippen LogP contribution in [-0.4, -0.2) is 63.0 Å². The van der Waals surface area contributed by atoms with Crippen LogP contribution < -0.4 is 15.7 Å². The van der Waals surface area contributed by atoms with Gasteiger partial charge in [-0.2, -0.15) is 0 Å². The molecule has 0 unspecified atom stereocenters. The Balaban J connectivity index is 1.59. The lowest BCUT2D eigenvalue weighted by molar-refractivity contribution is -0.120. The molecule has 2 heterocycles. The van der Waals surface area contributed by atoms with Crippen molar-refractivity contribution in [2.75, 3.05) is 13.1 Å². The number of carbonyl (C=O) groups is 3. The number of para-hydroxylation sites is 1. The normalized spacial score (nSPS) is 15.3. The van der Waals surface area contributed by atoms with Gasteiger partial charge in [0.15, 0.2) is 11.5 Å². The molecule has 0 fully saturated rings. The van der Waals surface area contributed by atoms with E-state index in [2.05, 4.69) is 15.6 Å². The number of hydrogen-bond donors (Lipinski definition) is 4. The van der Waals surface area contributed by atoms with Gasteiger partial charge in [-0.05, 0) is 31.0 Å². The number of nitrogens with one attached hydrogen (secondary N) is 1. The topological polar surface area (TPSA) is 170 Å². The van der Waals surface area contributed by atoms with E-state index in [4.69, 9.17) is 10.4 Å². The number of rotatable bonds is 9. The largest absolute Gasteiger partial charge is 0.535 e. The molecule has 1 aromatic carbocycles. The van der Waals surface area contributed by atoms with Crippen LogP contribution >= 0.6 is 0 Å². The number of carboxylic acids is 1. The van der Waals surface area contributed by atoms with Crippen LogP contribution in [0.4, 0.5) is 0 Å². The monoisotopic (exact) mass is 415 g/mol. The average Bonchev–Trinajstić information content (AvgIpc) is 3.16. The van der Waals surface area contributed by atoms with Crippen molar-refractivity contribution < 1.29 is 29.2 Å². The Labute approximate surface area is 172 Å². The summed E-state index contributed by atoms with van der Waals surface area (Å²) >= 11 is 0. The molecular weight excluding hydrogens is 393 g/mol. The number of nitrogens with two attached hydrogens (primary N) is 1. The molecule has 158 valence electrons. The van der Waals surface area contributed by atoms with Crippen LogP contribution in [0.5, 0.6) is 5.75 Å². The van der Waals surface area contributed by atoms with Crippen molar-refractivity contribution in [2.24, 2.45) is 5.73 Å². The first-order valence-corrected chi connectivity index (χ1v) is 9.49. The van der Waals surface area contributed by atoms with Gasteiger partial charge in [0.1, 0.15) is 12.3 Å². The highest BCUT2D eigenvalue weighted by molar-refractivity contribution is 6.47. The van der Waals surface area contributed by atoms with E-state index in [1.807, 2.05) is 0 Å². The molecule has 0 saturated carbocycles. The van der Waals surface area contributed by atoms with Crippen LogP contribution in [0.15, 0.2) is 24.4 Å². The van der Waals surface area contributed by atoms with Gasteiger partial charge in [0, 0.05) is 18.8 Å². The summed E-state index contributed by atoms with van der Waals surface area (Å²) in [7, 11) is -1.30. The molecule has 1 aliphatic rings. The van der Waals surface area contributed by atoms with Gasteiger partial charge in [-0.3, -0.25) is 9.59 Å². The predicted octanol–water partition coefficient (Wildman–Crippen LogP) is -0.500. The maximum Gasteiger partial charge on any atom is 0.526 e. The lowest BCUT2D eigenvalue weighted by Gasteiger charge is -2.27. The molecule has 1 amide bonds. The first-order valence-electron chi connectivity index (χ1n) is 9.49. The number of Topliss-reactive ketones (excluding diaryl/α,β-unsaturated/α-hetero) is 1. The highest BCUT2D eigenvalue weighted by atomic mass is 16.5. The van der Waals surface area contributed by atoms with E-state index >= 15 is 0 Å². The average molecular weight is 415 g/mol. The molecule has 3 rings (SSSR count). The number of aromatic carboxylic acids is 1. The van der Waals surface area contributed by atoms with Gasteiger partial charge in [0.25, 0.3) is 5.91 Å². The highest BCUT2D eigenvalue weighted by Crippen LogP contribution is 2.36. The molecule has 11 nitrogen and oxygen atoms in total.